The van der Waals surface area contributed by atoms with Gasteiger partial charge in [0.25, 0.3) is 5.91 Å². The lowest BCUT2D eigenvalue weighted by atomic mass is 10.1. The summed E-state index contributed by atoms with van der Waals surface area (Å²) in [5.74, 6) is -0.0284. The van der Waals surface area contributed by atoms with Crippen LogP contribution >= 0.6 is 0 Å². The van der Waals surface area contributed by atoms with Crippen molar-refractivity contribution in [2.45, 2.75) is 32.9 Å². The number of amides is 1. The van der Waals surface area contributed by atoms with E-state index < -0.39 is 0 Å². The Balaban J connectivity index is 2.18. The fraction of sp³-hybridized carbons (Fsp3) is 0.636. The summed E-state index contributed by atoms with van der Waals surface area (Å²) in [4.78, 5) is 13.7. The van der Waals surface area contributed by atoms with E-state index in [0.29, 0.717) is 25.3 Å². The predicted octanol–water partition coefficient (Wildman–Crippen LogP) is 0.282. The summed E-state index contributed by atoms with van der Waals surface area (Å²) in [6, 6.07) is 1.84. The van der Waals surface area contributed by atoms with Gasteiger partial charge >= 0.3 is 0 Å². The molecule has 0 unspecified atom stereocenters. The fourth-order valence-corrected chi connectivity index (χ4v) is 1.84. The molecule has 1 N–H and O–H groups in total. The molecule has 0 aliphatic carbocycles. The molecule has 5 heteroatoms. The average Bonchev–Trinajstić information content (AvgIpc) is 2.67. The number of aliphatic hydroxyl groups excluding tert-OH is 1. The molecule has 0 saturated carbocycles. The van der Waals surface area contributed by atoms with Gasteiger partial charge < -0.3 is 10.0 Å². The van der Waals surface area contributed by atoms with Gasteiger partial charge in [0.2, 0.25) is 0 Å². The van der Waals surface area contributed by atoms with E-state index in [0.717, 1.165) is 12.1 Å². The van der Waals surface area contributed by atoms with E-state index >= 15 is 0 Å². The van der Waals surface area contributed by atoms with Crippen LogP contribution in [0.5, 0.6) is 0 Å². The van der Waals surface area contributed by atoms with Gasteiger partial charge in [-0.25, -0.2) is 0 Å². The minimum Gasteiger partial charge on any atom is -0.389 e. The normalized spacial score (nSPS) is 16.3. The first-order valence-electron chi connectivity index (χ1n) is 5.69. The van der Waals surface area contributed by atoms with Crippen molar-refractivity contribution >= 4 is 5.91 Å². The Morgan fingerprint density at radius 3 is 2.75 bits per heavy atom. The van der Waals surface area contributed by atoms with Crippen molar-refractivity contribution in [3.8, 4) is 0 Å². The number of hydrogen-bond donors (Lipinski definition) is 1. The van der Waals surface area contributed by atoms with Crippen LogP contribution in [0.3, 0.4) is 0 Å². The summed E-state index contributed by atoms with van der Waals surface area (Å²) in [7, 11) is 0. The van der Waals surface area contributed by atoms with Gasteiger partial charge in [-0.2, -0.15) is 5.10 Å². The van der Waals surface area contributed by atoms with Crippen LogP contribution in [0.15, 0.2) is 6.07 Å². The third-order valence-corrected chi connectivity index (χ3v) is 2.86. The molecule has 1 aliphatic rings. The third-order valence-electron chi connectivity index (χ3n) is 2.86. The summed E-state index contributed by atoms with van der Waals surface area (Å²) >= 11 is 0. The monoisotopic (exact) mass is 223 g/mol. The van der Waals surface area contributed by atoms with Crippen LogP contribution in [0.25, 0.3) is 0 Å². The number of aromatic nitrogens is 2. The van der Waals surface area contributed by atoms with Crippen LogP contribution in [0, 0.1) is 0 Å². The van der Waals surface area contributed by atoms with Gasteiger partial charge in [0.1, 0.15) is 5.69 Å². The number of β-amino-alcohol motifs (C(OH)–C–C–N with tert-alkyl or cyclic N) is 1. The lowest BCUT2D eigenvalue weighted by Gasteiger charge is -2.35. The third kappa shape index (κ3) is 1.82. The van der Waals surface area contributed by atoms with E-state index in [-0.39, 0.29) is 12.0 Å². The van der Waals surface area contributed by atoms with E-state index in [1.165, 1.54) is 0 Å². The molecule has 5 nitrogen and oxygen atoms in total. The summed E-state index contributed by atoms with van der Waals surface area (Å²) in [6.45, 7) is 5.56. The first kappa shape index (κ1) is 11.1. The van der Waals surface area contributed by atoms with Crippen LogP contribution in [-0.2, 0) is 13.0 Å². The lowest BCUT2D eigenvalue weighted by molar-refractivity contribution is 0.00510. The highest BCUT2D eigenvalue weighted by molar-refractivity contribution is 5.93. The quantitative estimate of drug-likeness (QED) is 0.801. The highest BCUT2D eigenvalue weighted by atomic mass is 16.3. The SMILES string of the molecule is CCc1cc(C(=O)N2CC(O)C2)n(CC)n1. The van der Waals surface area contributed by atoms with Gasteiger partial charge in [0.05, 0.1) is 11.8 Å². The Morgan fingerprint density at radius 2 is 2.25 bits per heavy atom. The van der Waals surface area contributed by atoms with Crippen molar-refractivity contribution < 1.29 is 9.90 Å². The maximum atomic E-state index is 12.0. The Kier molecular flexibility index (Phi) is 2.96. The van der Waals surface area contributed by atoms with E-state index in [4.69, 9.17) is 0 Å². The first-order chi connectivity index (χ1) is 7.65. The number of carbonyl (C=O) groups is 1. The summed E-state index contributed by atoms with van der Waals surface area (Å²) in [5.41, 5.74) is 1.57. The summed E-state index contributed by atoms with van der Waals surface area (Å²) < 4.78 is 1.73. The van der Waals surface area contributed by atoms with Crippen LogP contribution in [-0.4, -0.2) is 44.9 Å². The Labute approximate surface area is 94.7 Å². The zero-order chi connectivity index (χ0) is 11.7. The Bertz CT molecular complexity index is 394. The summed E-state index contributed by atoms with van der Waals surface area (Å²) in [5, 5.41) is 13.5. The number of hydrogen-bond acceptors (Lipinski definition) is 3. The van der Waals surface area contributed by atoms with Gasteiger partial charge in [-0.3, -0.25) is 9.48 Å². The number of nitrogens with zero attached hydrogens (tertiary/aromatic N) is 3. The van der Waals surface area contributed by atoms with E-state index in [1.807, 2.05) is 19.9 Å². The second-order valence-electron chi connectivity index (χ2n) is 4.05. The molecule has 0 atom stereocenters. The molecule has 0 spiro atoms. The van der Waals surface area contributed by atoms with Crippen LogP contribution in [0.4, 0.5) is 0 Å². The number of aryl methyl sites for hydroxylation is 2. The molecule has 1 aromatic rings. The second-order valence-corrected chi connectivity index (χ2v) is 4.05. The fourth-order valence-electron chi connectivity index (χ4n) is 1.84. The molecule has 2 heterocycles. The Morgan fingerprint density at radius 1 is 1.56 bits per heavy atom. The van der Waals surface area contributed by atoms with Crippen molar-refractivity contribution in [1.82, 2.24) is 14.7 Å². The highest BCUT2D eigenvalue weighted by Crippen LogP contribution is 2.14. The van der Waals surface area contributed by atoms with Gasteiger partial charge in [-0.1, -0.05) is 6.92 Å². The maximum absolute atomic E-state index is 12.0. The molecular formula is C11H17N3O2. The van der Waals surface area contributed by atoms with Crippen LogP contribution < -0.4 is 0 Å². The Hall–Kier alpha value is -1.36. The standard InChI is InChI=1S/C11H17N3O2/c1-3-8-5-10(14(4-2)12-8)11(16)13-6-9(15)7-13/h5,9,15H,3-4,6-7H2,1-2H3. The van der Waals surface area contributed by atoms with E-state index in [9.17, 15) is 9.90 Å². The molecule has 2 rings (SSSR count). The molecule has 0 bridgehead atoms. The molecule has 88 valence electrons. The van der Waals surface area contributed by atoms with Gasteiger partial charge in [0, 0.05) is 19.6 Å². The van der Waals surface area contributed by atoms with Gasteiger partial charge in [0.15, 0.2) is 0 Å². The number of likely N-dealkylation sites (tertiary alicyclic amines) is 1. The van der Waals surface area contributed by atoms with Crippen molar-refractivity contribution in [3.63, 3.8) is 0 Å². The second kappa shape index (κ2) is 4.25. The largest absolute Gasteiger partial charge is 0.389 e. The lowest BCUT2D eigenvalue weighted by Crippen LogP contribution is -2.53. The molecule has 16 heavy (non-hydrogen) atoms. The minimum atomic E-state index is -0.354. The molecular weight excluding hydrogens is 206 g/mol. The van der Waals surface area contributed by atoms with E-state index in [1.54, 1.807) is 9.58 Å². The number of rotatable bonds is 3. The molecule has 0 aromatic carbocycles. The molecule has 1 fully saturated rings. The molecule has 1 amide bonds. The molecule has 1 saturated heterocycles. The molecule has 0 radical (unpaired) electrons. The first-order valence-corrected chi connectivity index (χ1v) is 5.69. The van der Waals surface area contributed by atoms with Crippen molar-refractivity contribution in [3.05, 3.63) is 17.5 Å². The minimum absolute atomic E-state index is 0.0284. The zero-order valence-electron chi connectivity index (χ0n) is 9.68. The van der Waals surface area contributed by atoms with Crippen LogP contribution in [0.2, 0.25) is 0 Å². The average molecular weight is 223 g/mol. The summed E-state index contributed by atoms with van der Waals surface area (Å²) in [6.07, 6.45) is 0.475. The van der Waals surface area contributed by atoms with Gasteiger partial charge in [-0.15, -0.1) is 0 Å². The number of carbonyl (C=O) groups excluding carboxylic acids is 1. The molecule has 1 aliphatic heterocycles. The van der Waals surface area contributed by atoms with E-state index in [2.05, 4.69) is 5.10 Å². The predicted molar refractivity (Wildman–Crippen MR) is 59.2 cm³/mol. The topological polar surface area (TPSA) is 58.4 Å². The number of aliphatic hydroxyl groups is 1. The smallest absolute Gasteiger partial charge is 0.272 e. The van der Waals surface area contributed by atoms with Crippen molar-refractivity contribution in [2.24, 2.45) is 0 Å². The maximum Gasteiger partial charge on any atom is 0.272 e. The van der Waals surface area contributed by atoms with Crippen LogP contribution in [0.1, 0.15) is 30.0 Å². The molecule has 1 aromatic heterocycles. The zero-order valence-corrected chi connectivity index (χ0v) is 9.68. The highest BCUT2D eigenvalue weighted by Gasteiger charge is 2.31. The van der Waals surface area contributed by atoms with Crippen molar-refractivity contribution in [2.75, 3.05) is 13.1 Å². The van der Waals surface area contributed by atoms with Crippen molar-refractivity contribution in [1.29, 1.82) is 0 Å². The van der Waals surface area contributed by atoms with Gasteiger partial charge in [-0.05, 0) is 19.4 Å².